The summed E-state index contributed by atoms with van der Waals surface area (Å²) in [5.41, 5.74) is 1.07. The summed E-state index contributed by atoms with van der Waals surface area (Å²) in [6, 6.07) is 5.29. The Bertz CT molecular complexity index is 513. The minimum absolute atomic E-state index is 0.343. The van der Waals surface area contributed by atoms with Crippen LogP contribution >= 0.6 is 0 Å². The van der Waals surface area contributed by atoms with Crippen molar-refractivity contribution in [1.82, 2.24) is 0 Å². The van der Waals surface area contributed by atoms with Gasteiger partial charge in [-0.1, -0.05) is 0 Å². The Hall–Kier alpha value is -1.97. The van der Waals surface area contributed by atoms with Crippen LogP contribution in [0.2, 0.25) is 0 Å². The molecule has 4 nitrogen and oxygen atoms in total. The fraction of sp³-hybridized carbons (Fsp3) is 0.250. The molecule has 0 saturated carbocycles. The maximum atomic E-state index is 11.6. The van der Waals surface area contributed by atoms with Crippen LogP contribution in [0.15, 0.2) is 28.9 Å². The Morgan fingerprint density at radius 1 is 1.44 bits per heavy atom. The fourth-order valence-corrected chi connectivity index (χ4v) is 1.50. The van der Waals surface area contributed by atoms with Gasteiger partial charge in [0.15, 0.2) is 0 Å². The van der Waals surface area contributed by atoms with Crippen LogP contribution in [0, 0.1) is 0 Å². The number of fused-ring (bicyclic) bond motifs is 1. The molecule has 0 amide bonds. The van der Waals surface area contributed by atoms with Crippen molar-refractivity contribution >= 4 is 16.9 Å². The molecule has 16 heavy (non-hydrogen) atoms. The van der Waals surface area contributed by atoms with E-state index in [2.05, 4.69) is 0 Å². The quantitative estimate of drug-likeness (QED) is 0.746. The van der Waals surface area contributed by atoms with Crippen LogP contribution in [0.3, 0.4) is 0 Å². The summed E-state index contributed by atoms with van der Waals surface area (Å²) < 4.78 is 15.3. The first-order chi connectivity index (χ1) is 7.76. The van der Waals surface area contributed by atoms with Crippen molar-refractivity contribution in [3.8, 4) is 5.75 Å². The van der Waals surface area contributed by atoms with E-state index in [1.807, 2.05) is 0 Å². The molecule has 0 bridgehead atoms. The normalized spacial score (nSPS) is 10.4. The lowest BCUT2D eigenvalue weighted by atomic mass is 10.2. The van der Waals surface area contributed by atoms with Crippen LogP contribution in [-0.4, -0.2) is 19.7 Å². The van der Waals surface area contributed by atoms with Crippen molar-refractivity contribution in [3.05, 3.63) is 30.0 Å². The van der Waals surface area contributed by atoms with Crippen LogP contribution in [0.25, 0.3) is 11.0 Å². The third-order valence-corrected chi connectivity index (χ3v) is 2.28. The second kappa shape index (κ2) is 4.26. The topological polar surface area (TPSA) is 48.7 Å². The highest BCUT2D eigenvalue weighted by Gasteiger charge is 2.15. The minimum Gasteiger partial charge on any atom is -0.497 e. The van der Waals surface area contributed by atoms with Gasteiger partial charge in [-0.25, -0.2) is 4.79 Å². The van der Waals surface area contributed by atoms with Gasteiger partial charge in [0.25, 0.3) is 0 Å². The Kier molecular flexibility index (Phi) is 2.81. The number of hydrogen-bond donors (Lipinski definition) is 0. The molecule has 2 rings (SSSR count). The smallest absolute Gasteiger partial charge is 0.342 e. The maximum Gasteiger partial charge on any atom is 0.342 e. The van der Waals surface area contributed by atoms with Crippen molar-refractivity contribution in [2.45, 2.75) is 6.92 Å². The van der Waals surface area contributed by atoms with Crippen LogP contribution in [-0.2, 0) is 4.74 Å². The zero-order valence-corrected chi connectivity index (χ0v) is 9.15. The monoisotopic (exact) mass is 220 g/mol. The Morgan fingerprint density at radius 2 is 2.25 bits per heavy atom. The number of methoxy groups -OCH3 is 1. The van der Waals surface area contributed by atoms with E-state index < -0.39 is 0 Å². The van der Waals surface area contributed by atoms with Crippen LogP contribution in [0.5, 0.6) is 5.75 Å². The molecule has 0 radical (unpaired) electrons. The number of carbonyl (C=O) groups is 1. The number of hydrogen-bond acceptors (Lipinski definition) is 4. The number of carbonyl (C=O) groups excluding carboxylic acids is 1. The molecular formula is C12H12O4. The van der Waals surface area contributed by atoms with E-state index in [0.717, 1.165) is 0 Å². The lowest BCUT2D eigenvalue weighted by Gasteiger charge is -2.00. The standard InChI is InChI=1S/C12H12O4/c1-3-15-12(13)10-7-16-11-5-4-8(14-2)6-9(10)11/h4-7H,3H2,1-2H3. The predicted octanol–water partition coefficient (Wildman–Crippen LogP) is 2.62. The van der Waals surface area contributed by atoms with Crippen molar-refractivity contribution < 1.29 is 18.7 Å². The van der Waals surface area contributed by atoms with Crippen molar-refractivity contribution in [2.24, 2.45) is 0 Å². The van der Waals surface area contributed by atoms with Crippen molar-refractivity contribution in [2.75, 3.05) is 13.7 Å². The molecule has 0 aliphatic carbocycles. The highest BCUT2D eigenvalue weighted by molar-refractivity contribution is 6.03. The van der Waals surface area contributed by atoms with E-state index >= 15 is 0 Å². The summed E-state index contributed by atoms with van der Waals surface area (Å²) in [6.07, 6.45) is 1.40. The van der Waals surface area contributed by atoms with Gasteiger partial charge in [-0.05, 0) is 25.1 Å². The summed E-state index contributed by atoms with van der Waals surface area (Å²) in [7, 11) is 1.57. The molecule has 84 valence electrons. The summed E-state index contributed by atoms with van der Waals surface area (Å²) >= 11 is 0. The van der Waals surface area contributed by atoms with Crippen LogP contribution in [0.4, 0.5) is 0 Å². The van der Waals surface area contributed by atoms with Gasteiger partial charge in [-0.3, -0.25) is 0 Å². The number of furan rings is 1. The highest BCUT2D eigenvalue weighted by Crippen LogP contribution is 2.26. The third-order valence-electron chi connectivity index (χ3n) is 2.28. The number of ether oxygens (including phenoxy) is 2. The van der Waals surface area contributed by atoms with Crippen LogP contribution < -0.4 is 4.74 Å². The molecule has 0 spiro atoms. The third kappa shape index (κ3) is 1.74. The molecule has 0 saturated heterocycles. The fourth-order valence-electron chi connectivity index (χ4n) is 1.50. The van der Waals surface area contributed by atoms with Crippen LogP contribution in [0.1, 0.15) is 17.3 Å². The number of benzene rings is 1. The molecule has 4 heteroatoms. The lowest BCUT2D eigenvalue weighted by molar-refractivity contribution is 0.0527. The molecule has 2 aromatic rings. The second-order valence-corrected chi connectivity index (χ2v) is 3.23. The summed E-state index contributed by atoms with van der Waals surface area (Å²) in [5.74, 6) is 0.300. The average Bonchev–Trinajstić information content (AvgIpc) is 2.71. The van der Waals surface area contributed by atoms with E-state index in [1.165, 1.54) is 6.26 Å². The molecule has 0 fully saturated rings. The van der Waals surface area contributed by atoms with Gasteiger partial charge in [0.1, 0.15) is 23.2 Å². The van der Waals surface area contributed by atoms with E-state index in [0.29, 0.717) is 28.9 Å². The molecule has 0 unspecified atom stereocenters. The largest absolute Gasteiger partial charge is 0.497 e. The minimum atomic E-state index is -0.380. The van der Waals surface area contributed by atoms with Gasteiger partial charge >= 0.3 is 5.97 Å². The van der Waals surface area contributed by atoms with E-state index in [1.54, 1.807) is 32.2 Å². The highest BCUT2D eigenvalue weighted by atomic mass is 16.5. The first-order valence-electron chi connectivity index (χ1n) is 4.98. The first-order valence-corrected chi connectivity index (χ1v) is 4.98. The molecule has 1 heterocycles. The molecule has 0 atom stereocenters. The Labute approximate surface area is 92.8 Å². The van der Waals surface area contributed by atoms with E-state index in [9.17, 15) is 4.79 Å². The molecule has 1 aromatic heterocycles. The molecule has 0 aliphatic heterocycles. The van der Waals surface area contributed by atoms with E-state index in [-0.39, 0.29) is 5.97 Å². The molecule has 0 N–H and O–H groups in total. The van der Waals surface area contributed by atoms with Gasteiger partial charge in [0, 0.05) is 5.39 Å². The predicted molar refractivity (Wildman–Crippen MR) is 58.7 cm³/mol. The second-order valence-electron chi connectivity index (χ2n) is 3.23. The first kappa shape index (κ1) is 10.5. The van der Waals surface area contributed by atoms with Gasteiger partial charge in [0.05, 0.1) is 13.7 Å². The van der Waals surface area contributed by atoms with Crippen molar-refractivity contribution in [3.63, 3.8) is 0 Å². The van der Waals surface area contributed by atoms with Gasteiger partial charge < -0.3 is 13.9 Å². The Balaban J connectivity index is 2.49. The summed E-state index contributed by atoms with van der Waals surface area (Å²) in [5, 5.41) is 0.706. The molecule has 0 aliphatic rings. The Morgan fingerprint density at radius 3 is 2.94 bits per heavy atom. The average molecular weight is 220 g/mol. The SMILES string of the molecule is CCOC(=O)c1coc2ccc(OC)cc12. The lowest BCUT2D eigenvalue weighted by Crippen LogP contribution is -2.03. The van der Waals surface area contributed by atoms with Gasteiger partial charge in [-0.15, -0.1) is 0 Å². The summed E-state index contributed by atoms with van der Waals surface area (Å²) in [4.78, 5) is 11.6. The number of esters is 1. The van der Waals surface area contributed by atoms with Gasteiger partial charge in [-0.2, -0.15) is 0 Å². The molecule has 1 aromatic carbocycles. The zero-order valence-electron chi connectivity index (χ0n) is 9.15. The molecular weight excluding hydrogens is 208 g/mol. The number of rotatable bonds is 3. The van der Waals surface area contributed by atoms with Gasteiger partial charge in [0.2, 0.25) is 0 Å². The van der Waals surface area contributed by atoms with E-state index in [4.69, 9.17) is 13.9 Å². The van der Waals surface area contributed by atoms with Crippen molar-refractivity contribution in [1.29, 1.82) is 0 Å². The zero-order chi connectivity index (χ0) is 11.5. The maximum absolute atomic E-state index is 11.6. The summed E-state index contributed by atoms with van der Waals surface area (Å²) in [6.45, 7) is 2.11.